The van der Waals surface area contributed by atoms with Crippen LogP contribution in [0.25, 0.3) is 0 Å². The molecule has 0 spiro atoms. The van der Waals surface area contributed by atoms with E-state index in [1.165, 1.54) is 0 Å². The minimum Gasteiger partial charge on any atom is -0.133 e. The fraction of sp³-hybridized carbons (Fsp3) is 1.00. The summed E-state index contributed by atoms with van der Waals surface area (Å²) in [5, 5.41) is 0. The van der Waals surface area contributed by atoms with Gasteiger partial charge in [0, 0.05) is 45.7 Å². The third-order valence-electron chi connectivity index (χ3n) is 4.81. The molecule has 40 heteroatoms. The summed E-state index contributed by atoms with van der Waals surface area (Å²) >= 11 is 0. The van der Waals surface area contributed by atoms with Gasteiger partial charge >= 0.3 is 106 Å². The van der Waals surface area contributed by atoms with E-state index in [4.69, 9.17) is 0 Å². The highest BCUT2D eigenvalue weighted by Crippen LogP contribution is 2.68. The molecule has 10 N–H and O–H groups in total. The molecule has 0 aromatic heterocycles. The molecule has 0 saturated carbocycles. The Morgan fingerprint density at radius 2 is 0.592 bits per heavy atom. The SMILES string of the molecule is CCCC(C)(O[P+](=O)O)C(O[P+](=O)O)(O[P+](=O)O)C(O[P+](=O)O)(O[P+](=O)O)C(O[P+](=O)O)(O[P+](=O)O)C(O[P+](=O)O)(O[P+](=O)O)O[P+](=O)O. The number of hydrogen-bond acceptors (Lipinski definition) is 20. The zero-order chi connectivity index (χ0) is 38.8. The first-order valence-corrected chi connectivity index (χ1v) is 22.1. The van der Waals surface area contributed by atoms with E-state index in [9.17, 15) is 94.6 Å². The second-order valence-corrected chi connectivity index (χ2v) is 14.3. The van der Waals surface area contributed by atoms with Gasteiger partial charge in [-0.15, -0.1) is 53.5 Å². The van der Waals surface area contributed by atoms with Crippen LogP contribution in [-0.2, 0) is 90.9 Å². The summed E-state index contributed by atoms with van der Waals surface area (Å²) in [6, 6.07) is 0. The van der Waals surface area contributed by atoms with E-state index in [1.54, 1.807) is 0 Å². The van der Waals surface area contributed by atoms with Crippen LogP contribution in [0.15, 0.2) is 0 Å². The van der Waals surface area contributed by atoms with Crippen molar-refractivity contribution >= 4 is 82.5 Å². The van der Waals surface area contributed by atoms with E-state index >= 15 is 0 Å². The fourth-order valence-electron chi connectivity index (χ4n) is 3.72. The van der Waals surface area contributed by atoms with E-state index in [1.807, 2.05) is 0 Å². The Hall–Kier alpha value is 0.200. The van der Waals surface area contributed by atoms with Gasteiger partial charge < -0.3 is 0 Å². The van der Waals surface area contributed by atoms with Crippen molar-refractivity contribution in [3.63, 3.8) is 0 Å². The van der Waals surface area contributed by atoms with Crippen LogP contribution >= 0.6 is 82.5 Å². The Morgan fingerprint density at radius 3 is 0.816 bits per heavy atom. The van der Waals surface area contributed by atoms with Gasteiger partial charge in [0.2, 0.25) is 0 Å². The summed E-state index contributed by atoms with van der Waals surface area (Å²) in [6.07, 6.45) is -1.90. The van der Waals surface area contributed by atoms with Gasteiger partial charge in [0.05, 0.1) is 0 Å². The van der Waals surface area contributed by atoms with Gasteiger partial charge in [-0.1, -0.05) is 40.5 Å². The molecular formula is C9H20O30P10+10. The van der Waals surface area contributed by atoms with Crippen molar-refractivity contribution in [1.29, 1.82) is 0 Å². The van der Waals surface area contributed by atoms with Gasteiger partial charge in [0.25, 0.3) is 0 Å². The predicted molar refractivity (Wildman–Crippen MR) is 143 cm³/mol. The summed E-state index contributed by atoms with van der Waals surface area (Å²) in [7, 11) is -48.7. The molecule has 0 heterocycles. The Labute approximate surface area is 278 Å². The maximum atomic E-state index is 12.4. The predicted octanol–water partition coefficient (Wildman–Crippen LogP) is 1.95. The molecule has 0 amide bonds. The molecule has 276 valence electrons. The quantitative estimate of drug-likeness (QED) is 0.0438. The van der Waals surface area contributed by atoms with E-state index < -0.39 is 124 Å². The molecule has 49 heavy (non-hydrogen) atoms. The van der Waals surface area contributed by atoms with Crippen molar-refractivity contribution in [2.45, 2.75) is 55.6 Å². The largest absolute Gasteiger partial charge is 0.700 e. The first-order valence-electron chi connectivity index (χ1n) is 10.8. The van der Waals surface area contributed by atoms with Crippen LogP contribution in [0.1, 0.15) is 26.7 Å². The van der Waals surface area contributed by atoms with Crippen molar-refractivity contribution in [3.05, 3.63) is 0 Å². The van der Waals surface area contributed by atoms with E-state index in [0.29, 0.717) is 0 Å². The van der Waals surface area contributed by atoms with Crippen LogP contribution in [0, 0.1) is 0 Å². The highest BCUT2D eigenvalue weighted by molar-refractivity contribution is 7.35. The molecule has 0 aromatic rings. The van der Waals surface area contributed by atoms with Crippen LogP contribution in [0.4, 0.5) is 0 Å². The Morgan fingerprint density at radius 1 is 0.367 bits per heavy atom. The van der Waals surface area contributed by atoms with Gasteiger partial charge in [0.1, 0.15) is 0 Å². The van der Waals surface area contributed by atoms with Gasteiger partial charge in [-0.05, 0) is 26.9 Å². The van der Waals surface area contributed by atoms with Crippen LogP contribution in [0.5, 0.6) is 0 Å². The molecule has 0 saturated heterocycles. The first kappa shape index (κ1) is 49.2. The minimum absolute atomic E-state index is 0.229. The Kier molecular flexibility index (Phi) is 20.7. The maximum Gasteiger partial charge on any atom is 0.700 e. The summed E-state index contributed by atoms with van der Waals surface area (Å²) in [6.45, 7) is 1.28. The summed E-state index contributed by atoms with van der Waals surface area (Å²) in [5.74, 6) is -21.6. The molecule has 11 unspecified atom stereocenters. The lowest BCUT2D eigenvalue weighted by Gasteiger charge is -2.45. The first-order chi connectivity index (χ1) is 22.2. The third-order valence-corrected chi connectivity index (χ3v) is 9.04. The number of hydrogen-bond donors (Lipinski definition) is 10. The normalized spacial score (nSPS) is 21.2. The lowest BCUT2D eigenvalue weighted by atomic mass is 9.80. The van der Waals surface area contributed by atoms with Crippen molar-refractivity contribution < 1.29 is 140 Å². The fourth-order valence-corrected chi connectivity index (χ4v) is 8.94. The zero-order valence-corrected chi connectivity index (χ0v) is 32.0. The summed E-state index contributed by atoms with van der Waals surface area (Å²) < 4.78 is 166. The second kappa shape index (κ2) is 20.6. The highest BCUT2D eigenvalue weighted by atomic mass is 31.2. The van der Waals surface area contributed by atoms with Crippen LogP contribution < -0.4 is 0 Å². The second-order valence-electron chi connectivity index (χ2n) is 7.68. The molecule has 0 aliphatic heterocycles. The van der Waals surface area contributed by atoms with Crippen LogP contribution in [0.3, 0.4) is 0 Å². The van der Waals surface area contributed by atoms with Crippen molar-refractivity contribution in [3.8, 4) is 0 Å². The van der Waals surface area contributed by atoms with Crippen molar-refractivity contribution in [1.82, 2.24) is 0 Å². The summed E-state index contributed by atoms with van der Waals surface area (Å²) in [4.78, 5) is 97.7. The standard InChI is InChI=1S/C9H10O30P10/c1-3-4-5(2,30-40(10)11)6(31-41(12)13,32-42(14)15)7(33-43(16)17,34-44(18)19)8(35-45(20)21,36-46(22)23)9(37-47(24)25,38-48(26)27)39-49(28)29/h3-4H2,1-2H3/p+10. The van der Waals surface area contributed by atoms with Gasteiger partial charge in [0.15, 0.2) is 5.60 Å². The van der Waals surface area contributed by atoms with Crippen LogP contribution in [-0.4, -0.2) is 77.9 Å². The molecular weight excluding hydrogens is 898 g/mol. The molecule has 0 aromatic carbocycles. The van der Waals surface area contributed by atoms with Crippen LogP contribution in [0.2, 0.25) is 0 Å². The molecule has 0 aliphatic carbocycles. The lowest BCUT2D eigenvalue weighted by molar-refractivity contribution is -0.501. The third kappa shape index (κ3) is 12.6. The Bertz CT molecular complexity index is 1290. The molecule has 0 rings (SSSR count). The molecule has 0 aliphatic rings. The maximum absolute atomic E-state index is 12.4. The minimum atomic E-state index is -5.66. The molecule has 0 bridgehead atoms. The zero-order valence-electron chi connectivity index (χ0n) is 23.0. The monoisotopic (exact) mass is 918 g/mol. The molecule has 0 fully saturated rings. The van der Waals surface area contributed by atoms with Crippen molar-refractivity contribution in [2.24, 2.45) is 0 Å². The van der Waals surface area contributed by atoms with Gasteiger partial charge in [-0.25, -0.2) is 0 Å². The highest BCUT2D eigenvalue weighted by Gasteiger charge is 3.02. The lowest BCUT2D eigenvalue weighted by Crippen LogP contribution is -2.83. The summed E-state index contributed by atoms with van der Waals surface area (Å²) in [5.41, 5.74) is -3.71. The average molecular weight is 918 g/mol. The molecule has 0 radical (unpaired) electrons. The van der Waals surface area contributed by atoms with E-state index in [2.05, 4.69) is 45.2 Å². The van der Waals surface area contributed by atoms with E-state index in [-0.39, 0.29) is 6.92 Å². The topological polar surface area (TPSA) is 465 Å². The van der Waals surface area contributed by atoms with E-state index in [0.717, 1.165) is 6.92 Å². The average Bonchev–Trinajstić information content (AvgIpc) is 2.83. The van der Waals surface area contributed by atoms with Crippen molar-refractivity contribution in [2.75, 3.05) is 0 Å². The van der Waals surface area contributed by atoms with Gasteiger partial charge in [-0.2, -0.15) is 0 Å². The Balaban J connectivity index is 10.1. The molecule has 11 atom stereocenters. The smallest absolute Gasteiger partial charge is 0.133 e. The number of rotatable bonds is 26. The van der Waals surface area contributed by atoms with Gasteiger partial charge in [-0.3, -0.25) is 0 Å². The molecule has 30 nitrogen and oxygen atoms in total.